The number of rotatable bonds is 6. The van der Waals surface area contributed by atoms with Crippen molar-refractivity contribution in [1.82, 2.24) is 0 Å². The first-order valence-electron chi connectivity index (χ1n) is 7.19. The number of aromatic carboxylic acids is 1. The van der Waals surface area contributed by atoms with E-state index < -0.39 is 5.97 Å². The van der Waals surface area contributed by atoms with E-state index in [9.17, 15) is 9.59 Å². The van der Waals surface area contributed by atoms with E-state index >= 15 is 0 Å². The molecule has 0 amide bonds. The van der Waals surface area contributed by atoms with Gasteiger partial charge in [0.15, 0.2) is 23.2 Å². The average Bonchev–Trinajstić information content (AvgIpc) is 2.60. The first-order chi connectivity index (χ1) is 11.5. The second-order valence-electron chi connectivity index (χ2n) is 4.90. The molecule has 6 nitrogen and oxygen atoms in total. The summed E-state index contributed by atoms with van der Waals surface area (Å²) in [4.78, 5) is 27.1. The molecule has 0 bridgehead atoms. The lowest BCUT2D eigenvalue weighted by Gasteiger charge is -2.10. The van der Waals surface area contributed by atoms with Crippen LogP contribution in [0.4, 0.5) is 0 Å². The zero-order chi connectivity index (χ0) is 17.5. The molecule has 0 saturated heterocycles. The molecule has 0 unspecified atom stereocenters. The predicted octanol–water partition coefficient (Wildman–Crippen LogP) is 3.07. The summed E-state index contributed by atoms with van der Waals surface area (Å²) in [6.45, 7) is 1.53. The molecule has 0 atom stereocenters. The van der Waals surface area contributed by atoms with Gasteiger partial charge >= 0.3 is 5.97 Å². The van der Waals surface area contributed by atoms with Gasteiger partial charge in [-0.2, -0.15) is 0 Å². The van der Waals surface area contributed by atoms with Crippen LogP contribution in [0.5, 0.6) is 11.5 Å². The van der Waals surface area contributed by atoms with E-state index in [1.807, 2.05) is 6.07 Å². The summed E-state index contributed by atoms with van der Waals surface area (Å²) >= 11 is 0. The molecule has 0 radical (unpaired) electrons. The number of ketones is 1. The minimum absolute atomic E-state index is 0.0587. The molecular formula is C18H17NO5. The van der Waals surface area contributed by atoms with Gasteiger partial charge in [-0.05, 0) is 18.2 Å². The maximum absolute atomic E-state index is 12.0. The van der Waals surface area contributed by atoms with E-state index in [-0.39, 0.29) is 29.5 Å². The second kappa shape index (κ2) is 7.92. The molecule has 124 valence electrons. The number of carboxylic acid groups (broad SMARTS) is 1. The Hall–Kier alpha value is -3.15. The molecule has 0 heterocycles. The van der Waals surface area contributed by atoms with Crippen LogP contribution in [0.25, 0.3) is 0 Å². The van der Waals surface area contributed by atoms with Crippen molar-refractivity contribution in [3.63, 3.8) is 0 Å². The van der Waals surface area contributed by atoms with Crippen molar-refractivity contribution in [2.75, 3.05) is 13.7 Å². The summed E-state index contributed by atoms with van der Waals surface area (Å²) in [7, 11) is 1.45. The van der Waals surface area contributed by atoms with Gasteiger partial charge in [0, 0.05) is 12.5 Å². The molecule has 24 heavy (non-hydrogen) atoms. The maximum atomic E-state index is 12.0. The summed E-state index contributed by atoms with van der Waals surface area (Å²) in [5.74, 6) is -0.365. The summed E-state index contributed by atoms with van der Waals surface area (Å²) in [5.41, 5.74) is 0.637. The predicted molar refractivity (Wildman–Crippen MR) is 89.3 cm³/mol. The highest BCUT2D eigenvalue weighted by Crippen LogP contribution is 2.28. The monoisotopic (exact) mass is 327 g/mol. The van der Waals surface area contributed by atoms with Crippen LogP contribution in [-0.4, -0.2) is 36.4 Å². The van der Waals surface area contributed by atoms with Crippen LogP contribution in [0, 0.1) is 0 Å². The molecule has 0 saturated carbocycles. The van der Waals surface area contributed by atoms with E-state index in [2.05, 4.69) is 4.99 Å². The van der Waals surface area contributed by atoms with E-state index in [1.54, 1.807) is 31.2 Å². The smallest absolute Gasteiger partial charge is 0.335 e. The maximum Gasteiger partial charge on any atom is 0.335 e. The zero-order valence-corrected chi connectivity index (χ0v) is 13.4. The number of methoxy groups -OCH3 is 1. The SMILES string of the molecule is COc1ccc(C(=O)O)cc1OC(C)=NCC(=O)c1ccccc1. The molecular weight excluding hydrogens is 310 g/mol. The van der Waals surface area contributed by atoms with Crippen molar-refractivity contribution >= 4 is 17.7 Å². The van der Waals surface area contributed by atoms with Crippen LogP contribution < -0.4 is 9.47 Å². The summed E-state index contributed by atoms with van der Waals surface area (Å²) in [6, 6.07) is 13.1. The Kier molecular flexibility index (Phi) is 5.68. The van der Waals surface area contributed by atoms with Crippen molar-refractivity contribution in [3.05, 3.63) is 59.7 Å². The van der Waals surface area contributed by atoms with Crippen molar-refractivity contribution in [1.29, 1.82) is 0 Å². The van der Waals surface area contributed by atoms with Crippen molar-refractivity contribution in [2.24, 2.45) is 4.99 Å². The highest BCUT2D eigenvalue weighted by Gasteiger charge is 2.11. The number of hydrogen-bond acceptors (Lipinski definition) is 5. The number of ether oxygens (including phenoxy) is 2. The number of nitrogens with zero attached hydrogens (tertiary/aromatic N) is 1. The zero-order valence-electron chi connectivity index (χ0n) is 13.4. The third kappa shape index (κ3) is 4.42. The molecule has 2 aromatic carbocycles. The number of carbonyl (C=O) groups is 2. The van der Waals surface area contributed by atoms with E-state index in [4.69, 9.17) is 14.6 Å². The second-order valence-corrected chi connectivity index (χ2v) is 4.90. The van der Waals surface area contributed by atoms with Crippen LogP contribution in [0.3, 0.4) is 0 Å². The lowest BCUT2D eigenvalue weighted by atomic mass is 10.1. The number of hydrogen-bond donors (Lipinski definition) is 1. The Bertz CT molecular complexity index is 768. The van der Waals surface area contributed by atoms with Crippen LogP contribution >= 0.6 is 0 Å². The lowest BCUT2D eigenvalue weighted by Crippen LogP contribution is -2.10. The minimum Gasteiger partial charge on any atom is -0.493 e. The summed E-state index contributed by atoms with van der Waals surface area (Å²) in [6.07, 6.45) is 0. The fourth-order valence-electron chi connectivity index (χ4n) is 1.98. The number of benzene rings is 2. The van der Waals surface area contributed by atoms with Crippen LogP contribution in [0.1, 0.15) is 27.6 Å². The fraction of sp³-hybridized carbons (Fsp3) is 0.167. The first kappa shape index (κ1) is 17.2. The van der Waals surface area contributed by atoms with Gasteiger partial charge in [0.25, 0.3) is 0 Å². The van der Waals surface area contributed by atoms with Gasteiger partial charge in [-0.15, -0.1) is 0 Å². The van der Waals surface area contributed by atoms with Crippen molar-refractivity contribution in [2.45, 2.75) is 6.92 Å². The third-order valence-electron chi connectivity index (χ3n) is 3.21. The van der Waals surface area contributed by atoms with Crippen molar-refractivity contribution in [3.8, 4) is 11.5 Å². The number of Topliss-reactive ketones (excluding diaryl/α,β-unsaturated/α-hetero) is 1. The Labute approximate surface area is 139 Å². The Morgan fingerprint density at radius 3 is 2.38 bits per heavy atom. The molecule has 0 aromatic heterocycles. The Balaban J connectivity index is 2.11. The molecule has 0 spiro atoms. The van der Waals surface area contributed by atoms with Gasteiger partial charge in [0.2, 0.25) is 0 Å². The summed E-state index contributed by atoms with van der Waals surface area (Å²) < 4.78 is 10.7. The van der Waals surface area contributed by atoms with Gasteiger partial charge in [-0.1, -0.05) is 30.3 Å². The number of carboxylic acids is 1. The molecule has 6 heteroatoms. The highest BCUT2D eigenvalue weighted by atomic mass is 16.5. The van der Waals surface area contributed by atoms with E-state index in [0.29, 0.717) is 11.3 Å². The standard InChI is InChI=1S/C18H17NO5/c1-12(19-11-15(20)13-6-4-3-5-7-13)24-17-10-14(18(21)22)8-9-16(17)23-2/h3-10H,11H2,1-2H3,(H,21,22). The highest BCUT2D eigenvalue weighted by molar-refractivity contribution is 5.98. The minimum atomic E-state index is -1.07. The van der Waals surface area contributed by atoms with Crippen LogP contribution in [-0.2, 0) is 0 Å². The average molecular weight is 327 g/mol. The molecule has 2 aromatic rings. The van der Waals surface area contributed by atoms with Crippen LogP contribution in [0.2, 0.25) is 0 Å². The Morgan fingerprint density at radius 2 is 1.75 bits per heavy atom. The molecule has 0 fully saturated rings. The van der Waals surface area contributed by atoms with E-state index in [1.165, 1.54) is 25.3 Å². The molecule has 2 rings (SSSR count). The van der Waals surface area contributed by atoms with Gasteiger partial charge < -0.3 is 14.6 Å². The number of carbonyl (C=O) groups excluding carboxylic acids is 1. The van der Waals surface area contributed by atoms with Gasteiger partial charge in [0.1, 0.15) is 6.54 Å². The molecule has 1 N–H and O–H groups in total. The fourth-order valence-corrected chi connectivity index (χ4v) is 1.98. The molecule has 0 aliphatic rings. The topological polar surface area (TPSA) is 85.2 Å². The third-order valence-corrected chi connectivity index (χ3v) is 3.21. The van der Waals surface area contributed by atoms with Crippen LogP contribution in [0.15, 0.2) is 53.5 Å². The van der Waals surface area contributed by atoms with E-state index in [0.717, 1.165) is 0 Å². The largest absolute Gasteiger partial charge is 0.493 e. The number of aliphatic imine (C=N–C) groups is 1. The summed E-state index contributed by atoms with van der Waals surface area (Å²) in [5, 5.41) is 9.04. The molecule has 0 aliphatic carbocycles. The van der Waals surface area contributed by atoms with Crippen molar-refractivity contribution < 1.29 is 24.2 Å². The molecule has 0 aliphatic heterocycles. The van der Waals surface area contributed by atoms with Gasteiger partial charge in [-0.25, -0.2) is 9.79 Å². The Morgan fingerprint density at radius 1 is 1.04 bits per heavy atom. The first-order valence-corrected chi connectivity index (χ1v) is 7.19. The van der Waals surface area contributed by atoms with Gasteiger partial charge in [0.05, 0.1) is 12.7 Å². The normalized spacial score (nSPS) is 11.0. The lowest BCUT2D eigenvalue weighted by molar-refractivity contribution is 0.0696. The quantitative estimate of drug-likeness (QED) is 0.501. The van der Waals surface area contributed by atoms with Gasteiger partial charge in [-0.3, -0.25) is 4.79 Å².